The van der Waals surface area contributed by atoms with Crippen molar-refractivity contribution >= 4 is 29.1 Å². The number of para-hydroxylation sites is 1. The van der Waals surface area contributed by atoms with Gasteiger partial charge in [0, 0.05) is 30.3 Å². The number of benzene rings is 2. The fraction of sp³-hybridized carbons (Fsp3) is 0.391. The Bertz CT molecular complexity index is 1070. The highest BCUT2D eigenvalue weighted by atomic mass is 35.5. The van der Waals surface area contributed by atoms with Crippen molar-refractivity contribution in [2.24, 2.45) is 5.92 Å². The van der Waals surface area contributed by atoms with Crippen LogP contribution in [0.5, 0.6) is 5.75 Å². The molecule has 3 N–H and O–H groups in total. The topological polar surface area (TPSA) is 82.7 Å². The van der Waals surface area contributed by atoms with Crippen molar-refractivity contribution in [3.05, 3.63) is 58.9 Å². The molecule has 0 spiro atoms. The molecule has 2 atom stereocenters. The van der Waals surface area contributed by atoms with Crippen molar-refractivity contribution in [1.82, 2.24) is 15.6 Å². The molecule has 9 heteroatoms. The first-order valence-corrected chi connectivity index (χ1v) is 11.0. The summed E-state index contributed by atoms with van der Waals surface area (Å²) in [7, 11) is 1.86. The summed E-state index contributed by atoms with van der Waals surface area (Å²) < 4.78 is 18.9. The first-order valence-electron chi connectivity index (χ1n) is 10.6. The summed E-state index contributed by atoms with van der Waals surface area (Å²) in [6.45, 7) is -0.209. The van der Waals surface area contributed by atoms with E-state index in [9.17, 15) is 14.0 Å². The monoisotopic (exact) mass is 458 g/mol. The molecule has 3 fully saturated rings. The SMILES string of the molecule is CN1Nc2ccccc2C1C(=O)NC12CC(C1)C(NC(=O)COc1ccc(Cl)c(F)c1)C2. The summed E-state index contributed by atoms with van der Waals surface area (Å²) in [6.07, 6.45) is 2.38. The molecule has 3 aliphatic carbocycles. The number of hydrogen-bond donors (Lipinski definition) is 3. The number of anilines is 1. The summed E-state index contributed by atoms with van der Waals surface area (Å²) in [6, 6.07) is 11.4. The highest BCUT2D eigenvalue weighted by Gasteiger charge is 2.57. The Hall–Kier alpha value is -2.84. The average molecular weight is 459 g/mol. The van der Waals surface area contributed by atoms with Crippen molar-refractivity contribution in [1.29, 1.82) is 0 Å². The lowest BCUT2D eigenvalue weighted by Crippen LogP contribution is -2.54. The maximum Gasteiger partial charge on any atom is 0.258 e. The van der Waals surface area contributed by atoms with E-state index in [1.807, 2.05) is 36.3 Å². The number of hydrogen-bond acceptors (Lipinski definition) is 5. The first-order chi connectivity index (χ1) is 15.3. The van der Waals surface area contributed by atoms with Crippen LogP contribution in [0.3, 0.4) is 0 Å². The fourth-order valence-electron chi connectivity index (χ4n) is 5.22. The molecule has 2 bridgehead atoms. The molecular weight excluding hydrogens is 435 g/mol. The summed E-state index contributed by atoms with van der Waals surface area (Å²) >= 11 is 5.65. The molecule has 1 aliphatic heterocycles. The molecule has 2 unspecified atom stereocenters. The molecule has 0 radical (unpaired) electrons. The van der Waals surface area contributed by atoms with Crippen LogP contribution in [0.2, 0.25) is 5.02 Å². The lowest BCUT2D eigenvalue weighted by molar-refractivity contribution is -0.128. The molecule has 3 saturated carbocycles. The average Bonchev–Trinajstić information content (AvgIpc) is 3.35. The second kappa shape index (κ2) is 7.94. The number of hydrazine groups is 1. The third-order valence-electron chi connectivity index (χ3n) is 6.67. The summed E-state index contributed by atoms with van der Waals surface area (Å²) in [5.74, 6) is -0.323. The molecule has 2 aromatic carbocycles. The zero-order chi connectivity index (χ0) is 22.5. The molecule has 7 nitrogen and oxygen atoms in total. The third-order valence-corrected chi connectivity index (χ3v) is 6.98. The van der Waals surface area contributed by atoms with Gasteiger partial charge in [-0.25, -0.2) is 9.40 Å². The number of nitrogens with one attached hydrogen (secondary N) is 3. The standard InChI is InChI=1S/C23H24ClFN4O3/c1-29-21(15-4-2-3-5-18(15)28-29)22(31)27-23-9-13(10-23)19(11-23)26-20(30)12-32-14-6-7-16(24)17(25)8-14/h2-8,13,19,21,28H,9-12H2,1H3,(H,26,30)(H,27,31). The Balaban J connectivity index is 1.15. The Kier molecular flexibility index (Phi) is 5.22. The molecule has 32 heavy (non-hydrogen) atoms. The lowest BCUT2D eigenvalue weighted by atomic mass is 9.76. The first kappa shape index (κ1) is 21.0. The highest BCUT2D eigenvalue weighted by molar-refractivity contribution is 6.30. The maximum absolute atomic E-state index is 13.5. The number of carbonyl (C=O) groups excluding carboxylic acids is 2. The van der Waals surface area contributed by atoms with Crippen molar-refractivity contribution in [2.45, 2.75) is 36.9 Å². The predicted molar refractivity (Wildman–Crippen MR) is 118 cm³/mol. The number of rotatable bonds is 6. The quantitative estimate of drug-likeness (QED) is 0.620. The maximum atomic E-state index is 13.5. The second-order valence-corrected chi connectivity index (χ2v) is 9.30. The number of nitrogens with zero attached hydrogens (tertiary/aromatic N) is 1. The minimum absolute atomic E-state index is 0.00273. The number of likely N-dealkylation sites (N-methyl/N-ethyl adjacent to an activating group) is 1. The molecular formula is C23H24ClFN4O3. The van der Waals surface area contributed by atoms with E-state index in [2.05, 4.69) is 16.1 Å². The van der Waals surface area contributed by atoms with Gasteiger partial charge in [-0.3, -0.25) is 9.59 Å². The van der Waals surface area contributed by atoms with Gasteiger partial charge in [0.1, 0.15) is 17.6 Å². The van der Waals surface area contributed by atoms with Crippen molar-refractivity contribution in [3.8, 4) is 5.75 Å². The van der Waals surface area contributed by atoms with Crippen LogP contribution in [0.1, 0.15) is 30.9 Å². The molecule has 0 saturated heterocycles. The van der Waals surface area contributed by atoms with Crippen LogP contribution in [-0.2, 0) is 9.59 Å². The molecule has 6 rings (SSSR count). The minimum atomic E-state index is -0.593. The number of amides is 2. The van der Waals surface area contributed by atoms with Crippen LogP contribution in [0.4, 0.5) is 10.1 Å². The Morgan fingerprint density at radius 1 is 1.25 bits per heavy atom. The van der Waals surface area contributed by atoms with Crippen LogP contribution in [0.15, 0.2) is 42.5 Å². The third kappa shape index (κ3) is 3.78. The molecule has 168 valence electrons. The Morgan fingerprint density at radius 3 is 2.81 bits per heavy atom. The van der Waals surface area contributed by atoms with Gasteiger partial charge >= 0.3 is 0 Å². The molecule has 0 aromatic heterocycles. The van der Waals surface area contributed by atoms with Crippen LogP contribution in [0, 0.1) is 11.7 Å². The highest BCUT2D eigenvalue weighted by Crippen LogP contribution is 2.52. The van der Waals surface area contributed by atoms with E-state index < -0.39 is 5.82 Å². The molecule has 4 aliphatic rings. The zero-order valence-electron chi connectivity index (χ0n) is 17.5. The molecule has 2 aromatic rings. The van der Waals surface area contributed by atoms with Crippen molar-refractivity contribution in [3.63, 3.8) is 0 Å². The number of ether oxygens (including phenoxy) is 1. The van der Waals surface area contributed by atoms with Crippen LogP contribution in [0.25, 0.3) is 0 Å². The van der Waals surface area contributed by atoms with E-state index in [1.54, 1.807) is 0 Å². The van der Waals surface area contributed by atoms with E-state index in [4.69, 9.17) is 16.3 Å². The van der Waals surface area contributed by atoms with E-state index in [0.717, 1.165) is 30.2 Å². The minimum Gasteiger partial charge on any atom is -0.484 e. The summed E-state index contributed by atoms with van der Waals surface area (Å²) in [5, 5.41) is 8.07. The fourth-order valence-corrected chi connectivity index (χ4v) is 5.33. The van der Waals surface area contributed by atoms with Gasteiger partial charge in [0.25, 0.3) is 5.91 Å². The van der Waals surface area contributed by atoms with E-state index in [1.165, 1.54) is 12.1 Å². The van der Waals surface area contributed by atoms with Crippen molar-refractivity contribution in [2.75, 3.05) is 19.1 Å². The lowest BCUT2D eigenvalue weighted by Gasteiger charge is -2.40. The smallest absolute Gasteiger partial charge is 0.258 e. The molecule has 2 amide bonds. The Labute approximate surface area is 190 Å². The van der Waals surface area contributed by atoms with Gasteiger partial charge in [-0.15, -0.1) is 0 Å². The Morgan fingerprint density at radius 2 is 2.03 bits per heavy atom. The van der Waals surface area contributed by atoms with E-state index in [0.29, 0.717) is 12.3 Å². The van der Waals surface area contributed by atoms with Gasteiger partial charge < -0.3 is 20.8 Å². The number of halogens is 2. The molecule has 1 heterocycles. The summed E-state index contributed by atoms with van der Waals surface area (Å²) in [5.41, 5.74) is 4.84. The normalized spacial score (nSPS) is 27.8. The van der Waals surface area contributed by atoms with Gasteiger partial charge in [0.2, 0.25) is 5.91 Å². The van der Waals surface area contributed by atoms with Crippen LogP contribution < -0.4 is 20.8 Å². The van der Waals surface area contributed by atoms with Gasteiger partial charge in [-0.05, 0) is 43.4 Å². The zero-order valence-corrected chi connectivity index (χ0v) is 18.3. The van der Waals surface area contributed by atoms with E-state index >= 15 is 0 Å². The summed E-state index contributed by atoms with van der Waals surface area (Å²) in [4.78, 5) is 25.4. The van der Waals surface area contributed by atoms with Crippen LogP contribution in [-0.4, -0.2) is 42.1 Å². The number of carbonyl (C=O) groups is 2. The van der Waals surface area contributed by atoms with Gasteiger partial charge in [0.15, 0.2) is 6.61 Å². The predicted octanol–water partition coefficient (Wildman–Crippen LogP) is 3.03. The van der Waals surface area contributed by atoms with Gasteiger partial charge in [-0.2, -0.15) is 0 Å². The van der Waals surface area contributed by atoms with Crippen molar-refractivity contribution < 1.29 is 18.7 Å². The van der Waals surface area contributed by atoms with Gasteiger partial charge in [-0.1, -0.05) is 29.8 Å². The number of fused-ring (bicyclic) bond motifs is 2. The largest absolute Gasteiger partial charge is 0.484 e. The van der Waals surface area contributed by atoms with E-state index in [-0.39, 0.29) is 46.8 Å². The van der Waals surface area contributed by atoms with Crippen LogP contribution >= 0.6 is 11.6 Å². The second-order valence-electron chi connectivity index (χ2n) is 8.89. The van der Waals surface area contributed by atoms with Gasteiger partial charge in [0.05, 0.1) is 10.7 Å².